The first kappa shape index (κ1) is 10.2. The van der Waals surface area contributed by atoms with Crippen LogP contribution in [0.25, 0.3) is 0 Å². The first-order chi connectivity index (χ1) is 6.07. The van der Waals surface area contributed by atoms with Gasteiger partial charge in [0.2, 0.25) is 5.82 Å². The van der Waals surface area contributed by atoms with Crippen LogP contribution in [0.5, 0.6) is 5.75 Å². The van der Waals surface area contributed by atoms with E-state index in [2.05, 4.69) is 20.9 Å². The van der Waals surface area contributed by atoms with Crippen molar-refractivity contribution in [2.24, 2.45) is 0 Å². The molecule has 0 unspecified atom stereocenters. The number of hydrogen-bond donors (Lipinski definition) is 0. The van der Waals surface area contributed by atoms with Crippen LogP contribution in [-0.2, 0) is 0 Å². The summed E-state index contributed by atoms with van der Waals surface area (Å²) in [6.45, 7) is 0. The Morgan fingerprint density at radius 2 is 2.00 bits per heavy atom. The van der Waals surface area contributed by atoms with Crippen molar-refractivity contribution in [3.05, 3.63) is 23.8 Å². The van der Waals surface area contributed by atoms with Gasteiger partial charge in [0.15, 0.2) is 11.6 Å². The highest BCUT2D eigenvalue weighted by Gasteiger charge is 2.17. The minimum Gasteiger partial charge on any atom is -0.491 e. The largest absolute Gasteiger partial charge is 0.491 e. The average molecular weight is 256 g/mol. The van der Waals surface area contributed by atoms with Crippen LogP contribution in [-0.4, -0.2) is 7.11 Å². The first-order valence-electron chi connectivity index (χ1n) is 3.21. The topological polar surface area (TPSA) is 12.5 Å². The van der Waals surface area contributed by atoms with Crippen LogP contribution in [0.4, 0.5) is 18.9 Å². The smallest absolute Gasteiger partial charge is 0.202 e. The highest BCUT2D eigenvalue weighted by molar-refractivity contribution is 9.10. The predicted molar refractivity (Wildman–Crippen MR) is 45.4 cm³/mol. The molecule has 1 aromatic rings. The fourth-order valence-corrected chi connectivity index (χ4v) is 1.13. The second-order valence-corrected chi connectivity index (χ2v) is 2.77. The zero-order valence-corrected chi connectivity index (χ0v) is 8.11. The maximum atomic E-state index is 12.9. The van der Waals surface area contributed by atoms with Crippen LogP contribution in [0.3, 0.4) is 0 Å². The van der Waals surface area contributed by atoms with E-state index in [1.165, 1.54) is 0 Å². The Hall–Kier alpha value is -0.910. The van der Waals surface area contributed by atoms with Gasteiger partial charge >= 0.3 is 0 Å². The van der Waals surface area contributed by atoms with Crippen LogP contribution < -0.4 is 8.88 Å². The molecule has 72 valence electrons. The van der Waals surface area contributed by atoms with Crippen LogP contribution in [0.15, 0.2) is 12.1 Å². The Morgan fingerprint density at radius 1 is 1.38 bits per heavy atom. The van der Waals surface area contributed by atoms with Gasteiger partial charge in [-0.3, -0.25) is 0 Å². The first-order valence-corrected chi connectivity index (χ1v) is 3.92. The normalized spacial score (nSPS) is 9.92. The molecule has 0 N–H and O–H groups in total. The Morgan fingerprint density at radius 3 is 2.46 bits per heavy atom. The molecular weight excluding hydrogens is 251 g/mol. The molecule has 0 aromatic heterocycles. The molecule has 0 radical (unpaired) electrons. The van der Waals surface area contributed by atoms with E-state index in [0.29, 0.717) is 0 Å². The van der Waals surface area contributed by atoms with Gasteiger partial charge in [0, 0.05) is 0 Å². The quantitative estimate of drug-likeness (QED) is 0.754. The number of ether oxygens (including phenoxy) is 1. The number of benzene rings is 1. The van der Waals surface area contributed by atoms with Gasteiger partial charge in [0.25, 0.3) is 0 Å². The molecule has 0 amide bonds. The van der Waals surface area contributed by atoms with E-state index in [1.807, 2.05) is 0 Å². The molecule has 1 rings (SSSR count). The van der Waals surface area contributed by atoms with Crippen LogP contribution >= 0.6 is 16.1 Å². The molecule has 0 spiro atoms. The van der Waals surface area contributed by atoms with Crippen molar-refractivity contribution in [1.29, 1.82) is 0 Å². The zero-order valence-electron chi connectivity index (χ0n) is 6.52. The van der Waals surface area contributed by atoms with E-state index in [4.69, 9.17) is 0 Å². The molecular formula is C7H5BrF3NO. The molecule has 13 heavy (non-hydrogen) atoms. The zero-order chi connectivity index (χ0) is 10.0. The van der Waals surface area contributed by atoms with E-state index in [1.54, 1.807) is 0 Å². The van der Waals surface area contributed by atoms with Gasteiger partial charge in [-0.15, -0.1) is 4.15 Å². The number of halogens is 4. The maximum Gasteiger partial charge on any atom is 0.202 e. The van der Waals surface area contributed by atoms with Crippen molar-refractivity contribution in [1.82, 2.24) is 0 Å². The lowest BCUT2D eigenvalue weighted by molar-refractivity contribution is 0.369. The molecule has 0 saturated carbocycles. The molecule has 1 aromatic carbocycles. The third-order valence-corrected chi connectivity index (χ3v) is 1.80. The van der Waals surface area contributed by atoms with Crippen LogP contribution in [0.2, 0.25) is 0 Å². The lowest BCUT2D eigenvalue weighted by atomic mass is 10.3. The summed E-state index contributed by atoms with van der Waals surface area (Å²) in [5, 5.41) is 0. The monoisotopic (exact) mass is 255 g/mol. The van der Waals surface area contributed by atoms with Gasteiger partial charge in [0.1, 0.15) is 5.69 Å². The fourth-order valence-electron chi connectivity index (χ4n) is 0.849. The van der Waals surface area contributed by atoms with Gasteiger partial charge in [0.05, 0.1) is 23.3 Å². The summed E-state index contributed by atoms with van der Waals surface area (Å²) < 4.78 is 42.5. The molecule has 0 aliphatic rings. The molecule has 0 atom stereocenters. The second-order valence-electron chi connectivity index (χ2n) is 2.15. The van der Waals surface area contributed by atoms with Crippen molar-refractivity contribution >= 4 is 21.8 Å². The highest BCUT2D eigenvalue weighted by Crippen LogP contribution is 2.34. The van der Waals surface area contributed by atoms with E-state index >= 15 is 0 Å². The summed E-state index contributed by atoms with van der Waals surface area (Å²) in [5.41, 5.74) is -0.235. The van der Waals surface area contributed by atoms with Crippen molar-refractivity contribution in [2.45, 2.75) is 0 Å². The summed E-state index contributed by atoms with van der Waals surface area (Å²) in [7, 11) is 1.12. The predicted octanol–water partition coefficient (Wildman–Crippen LogP) is 2.97. The van der Waals surface area contributed by atoms with Crippen LogP contribution in [0, 0.1) is 11.6 Å². The third-order valence-electron chi connectivity index (χ3n) is 1.42. The molecule has 0 fully saturated rings. The molecule has 2 nitrogen and oxygen atoms in total. The number of methoxy groups -OCH3 is 1. The molecule has 0 bridgehead atoms. The SMILES string of the molecule is COc1c(N(F)Br)ccc(F)c1F. The summed E-state index contributed by atoms with van der Waals surface area (Å²) in [6, 6.07) is 1.85. The summed E-state index contributed by atoms with van der Waals surface area (Å²) in [5.74, 6) is -2.79. The van der Waals surface area contributed by atoms with Crippen molar-refractivity contribution < 1.29 is 18.0 Å². The summed E-state index contributed by atoms with van der Waals surface area (Å²) >= 11 is 2.43. The minimum absolute atomic E-state index is 0.0334. The molecule has 6 heteroatoms. The number of nitrogens with zero attached hydrogens (tertiary/aromatic N) is 1. The van der Waals surface area contributed by atoms with E-state index < -0.39 is 17.4 Å². The molecule has 0 heterocycles. The average Bonchev–Trinajstić information content (AvgIpc) is 2.09. The Bertz CT molecular complexity index is 319. The molecule has 0 saturated heterocycles. The number of rotatable bonds is 2. The minimum atomic E-state index is -1.22. The van der Waals surface area contributed by atoms with E-state index in [9.17, 15) is 13.3 Å². The third kappa shape index (κ3) is 1.88. The Balaban J connectivity index is 3.30. The van der Waals surface area contributed by atoms with Gasteiger partial charge in [-0.25, -0.2) is 4.39 Å². The second kappa shape index (κ2) is 3.87. The van der Waals surface area contributed by atoms with Gasteiger partial charge in [-0.1, -0.05) is 4.48 Å². The summed E-state index contributed by atoms with van der Waals surface area (Å²) in [4.78, 5) is 0. The molecule has 0 aliphatic heterocycles. The van der Waals surface area contributed by atoms with E-state index in [0.717, 1.165) is 19.2 Å². The maximum absolute atomic E-state index is 12.9. The highest BCUT2D eigenvalue weighted by atomic mass is 79.9. The van der Waals surface area contributed by atoms with Gasteiger partial charge in [-0.05, 0) is 12.1 Å². The van der Waals surface area contributed by atoms with Crippen molar-refractivity contribution in [2.75, 3.05) is 11.3 Å². The fraction of sp³-hybridized carbons (Fsp3) is 0.143. The van der Waals surface area contributed by atoms with Crippen molar-refractivity contribution in [3.8, 4) is 5.75 Å². The lowest BCUT2D eigenvalue weighted by Gasteiger charge is -2.10. The number of hydrogen-bond acceptors (Lipinski definition) is 2. The Kier molecular flexibility index (Phi) is 3.02. The van der Waals surface area contributed by atoms with Gasteiger partial charge in [-0.2, -0.15) is 4.39 Å². The Labute approximate surface area is 81.2 Å². The number of anilines is 1. The standard InChI is InChI=1S/C7H5BrF3NO/c1-13-7-5(12(8)11)3-2-4(9)6(7)10/h2-3H,1H3. The van der Waals surface area contributed by atoms with Gasteiger partial charge < -0.3 is 4.74 Å². The summed E-state index contributed by atoms with van der Waals surface area (Å²) in [6.07, 6.45) is 0. The van der Waals surface area contributed by atoms with Crippen molar-refractivity contribution in [3.63, 3.8) is 0 Å². The molecule has 0 aliphatic carbocycles. The van der Waals surface area contributed by atoms with E-state index in [-0.39, 0.29) is 9.84 Å². The lowest BCUT2D eigenvalue weighted by Crippen LogP contribution is -2.00. The van der Waals surface area contributed by atoms with Crippen LogP contribution in [0.1, 0.15) is 0 Å².